The first-order valence-electron chi connectivity index (χ1n) is 8.06. The van der Waals surface area contributed by atoms with Gasteiger partial charge in [-0.25, -0.2) is 15.0 Å². The first kappa shape index (κ1) is 15.7. The molecule has 0 radical (unpaired) electrons. The normalized spacial score (nSPS) is 20.0. The molecule has 2 atom stereocenters. The Balaban J connectivity index is 1.62. The third kappa shape index (κ3) is 2.97. The zero-order valence-corrected chi connectivity index (χ0v) is 13.4. The van der Waals surface area contributed by atoms with Gasteiger partial charge in [0.1, 0.15) is 12.6 Å². The highest BCUT2D eigenvalue weighted by Gasteiger charge is 2.28. The number of anilines is 1. The zero-order chi connectivity index (χ0) is 17.2. The van der Waals surface area contributed by atoms with E-state index in [0.717, 1.165) is 12.8 Å². The highest BCUT2D eigenvalue weighted by Crippen LogP contribution is 2.31. The van der Waals surface area contributed by atoms with Crippen LogP contribution in [0.1, 0.15) is 29.4 Å². The number of rotatable bonds is 4. The molecule has 3 heterocycles. The summed E-state index contributed by atoms with van der Waals surface area (Å²) in [7, 11) is 0. The molecule has 0 bridgehead atoms. The summed E-state index contributed by atoms with van der Waals surface area (Å²) in [6.07, 6.45) is 4.17. The monoisotopic (exact) mass is 339 g/mol. The van der Waals surface area contributed by atoms with E-state index in [1.807, 2.05) is 10.6 Å². The lowest BCUT2D eigenvalue weighted by Crippen LogP contribution is -2.15. The van der Waals surface area contributed by atoms with E-state index in [4.69, 9.17) is 4.74 Å². The predicted molar refractivity (Wildman–Crippen MR) is 89.9 cm³/mol. The summed E-state index contributed by atoms with van der Waals surface area (Å²) >= 11 is 0. The summed E-state index contributed by atoms with van der Waals surface area (Å²) in [6.45, 7) is -0.00348. The minimum atomic E-state index is -0.257. The van der Waals surface area contributed by atoms with Gasteiger partial charge in [0, 0.05) is 5.56 Å². The third-order valence-corrected chi connectivity index (χ3v) is 4.23. The van der Waals surface area contributed by atoms with E-state index in [1.165, 1.54) is 6.33 Å². The minimum absolute atomic E-state index is 0.00348. The van der Waals surface area contributed by atoms with E-state index in [-0.39, 0.29) is 24.8 Å². The van der Waals surface area contributed by atoms with Gasteiger partial charge in [0.25, 0.3) is 5.91 Å². The van der Waals surface area contributed by atoms with Crippen molar-refractivity contribution in [1.82, 2.24) is 19.5 Å². The highest BCUT2D eigenvalue weighted by molar-refractivity contribution is 6.06. The number of ether oxygens (including phenoxy) is 1. The molecule has 0 aliphatic carbocycles. The van der Waals surface area contributed by atoms with Crippen LogP contribution in [0.25, 0.3) is 11.2 Å². The minimum Gasteiger partial charge on any atom is -0.394 e. The van der Waals surface area contributed by atoms with Gasteiger partial charge in [-0.3, -0.25) is 9.36 Å². The number of benzene rings is 1. The number of aromatic nitrogens is 4. The standard InChI is InChI=1S/C17H17N5O3/c23-8-12-6-7-13(25-12)22-10-20-14-15(18-9-19-16(14)22)21-17(24)11-4-2-1-3-5-11/h1-5,9-10,12-13,23H,6-8H2,(H,18,19,21,24)/t12-,13-/m0/s1. The van der Waals surface area contributed by atoms with Crippen molar-refractivity contribution in [3.8, 4) is 0 Å². The molecular formula is C17H17N5O3. The molecule has 2 N–H and O–H groups in total. The van der Waals surface area contributed by atoms with Crippen LogP contribution in [0.4, 0.5) is 5.82 Å². The van der Waals surface area contributed by atoms with Crippen LogP contribution >= 0.6 is 0 Å². The van der Waals surface area contributed by atoms with Gasteiger partial charge in [-0.05, 0) is 25.0 Å². The molecule has 4 rings (SSSR count). The fraction of sp³-hybridized carbons (Fsp3) is 0.294. The van der Waals surface area contributed by atoms with Crippen LogP contribution in [0.2, 0.25) is 0 Å². The van der Waals surface area contributed by atoms with Gasteiger partial charge < -0.3 is 15.2 Å². The maximum Gasteiger partial charge on any atom is 0.256 e. The average molecular weight is 339 g/mol. The zero-order valence-electron chi connectivity index (χ0n) is 13.4. The second kappa shape index (κ2) is 6.58. The quantitative estimate of drug-likeness (QED) is 0.751. The number of nitrogens with one attached hydrogen (secondary N) is 1. The first-order valence-corrected chi connectivity index (χ1v) is 8.06. The highest BCUT2D eigenvalue weighted by atomic mass is 16.5. The lowest BCUT2D eigenvalue weighted by molar-refractivity contribution is -0.0207. The van der Waals surface area contributed by atoms with Crippen LogP contribution in [-0.2, 0) is 4.74 Å². The lowest BCUT2D eigenvalue weighted by Gasteiger charge is -2.13. The number of nitrogens with zero attached hydrogens (tertiary/aromatic N) is 4. The van der Waals surface area contributed by atoms with Crippen molar-refractivity contribution in [2.75, 3.05) is 11.9 Å². The van der Waals surface area contributed by atoms with Crippen molar-refractivity contribution in [2.24, 2.45) is 0 Å². The molecule has 8 heteroatoms. The van der Waals surface area contributed by atoms with Gasteiger partial charge in [0.15, 0.2) is 17.0 Å². The number of hydrogen-bond acceptors (Lipinski definition) is 6. The van der Waals surface area contributed by atoms with Crippen LogP contribution in [0.3, 0.4) is 0 Å². The number of carbonyl (C=O) groups is 1. The molecule has 0 spiro atoms. The van der Waals surface area contributed by atoms with E-state index < -0.39 is 0 Å². The van der Waals surface area contributed by atoms with Crippen LogP contribution in [0, 0.1) is 0 Å². The Labute approximate surface area is 143 Å². The summed E-state index contributed by atoms with van der Waals surface area (Å²) in [4.78, 5) is 25.1. The summed E-state index contributed by atoms with van der Waals surface area (Å²) in [5, 5.41) is 12.0. The summed E-state index contributed by atoms with van der Waals surface area (Å²) in [6, 6.07) is 8.91. The van der Waals surface area contributed by atoms with Gasteiger partial charge in [-0.15, -0.1) is 0 Å². The lowest BCUT2D eigenvalue weighted by atomic mass is 10.2. The van der Waals surface area contributed by atoms with Crippen LogP contribution in [-0.4, -0.2) is 43.2 Å². The fourth-order valence-corrected chi connectivity index (χ4v) is 2.95. The average Bonchev–Trinajstić information content (AvgIpc) is 3.29. The topological polar surface area (TPSA) is 102 Å². The number of aliphatic hydroxyl groups is 1. The molecule has 0 unspecified atom stereocenters. The summed E-state index contributed by atoms with van der Waals surface area (Å²) in [5.74, 6) is 0.0990. The fourth-order valence-electron chi connectivity index (χ4n) is 2.95. The second-order valence-electron chi connectivity index (χ2n) is 5.84. The van der Waals surface area contributed by atoms with E-state index in [1.54, 1.807) is 30.6 Å². The van der Waals surface area contributed by atoms with Crippen molar-refractivity contribution < 1.29 is 14.6 Å². The third-order valence-electron chi connectivity index (χ3n) is 4.23. The Morgan fingerprint density at radius 3 is 2.84 bits per heavy atom. The van der Waals surface area contributed by atoms with Gasteiger partial charge >= 0.3 is 0 Å². The van der Waals surface area contributed by atoms with E-state index in [0.29, 0.717) is 22.5 Å². The molecule has 128 valence electrons. The van der Waals surface area contributed by atoms with E-state index >= 15 is 0 Å². The van der Waals surface area contributed by atoms with Crippen LogP contribution in [0.15, 0.2) is 43.0 Å². The Morgan fingerprint density at radius 2 is 2.08 bits per heavy atom. The van der Waals surface area contributed by atoms with Crippen molar-refractivity contribution in [2.45, 2.75) is 25.2 Å². The maximum absolute atomic E-state index is 12.3. The van der Waals surface area contributed by atoms with Crippen LogP contribution < -0.4 is 5.32 Å². The summed E-state index contributed by atoms with van der Waals surface area (Å²) in [5.41, 5.74) is 1.63. The van der Waals surface area contributed by atoms with Gasteiger partial charge in [-0.1, -0.05) is 18.2 Å². The molecule has 1 aliphatic heterocycles. The molecular weight excluding hydrogens is 322 g/mol. The molecule has 8 nitrogen and oxygen atoms in total. The van der Waals surface area contributed by atoms with Gasteiger partial charge in [0.05, 0.1) is 19.0 Å². The van der Waals surface area contributed by atoms with E-state index in [2.05, 4.69) is 20.3 Å². The number of carbonyl (C=O) groups excluding carboxylic acids is 1. The van der Waals surface area contributed by atoms with Crippen molar-refractivity contribution in [1.29, 1.82) is 0 Å². The molecule has 3 aromatic rings. The number of hydrogen-bond donors (Lipinski definition) is 2. The summed E-state index contributed by atoms with van der Waals surface area (Å²) < 4.78 is 7.59. The number of imidazole rings is 1. The number of fused-ring (bicyclic) bond motifs is 1. The molecule has 1 aliphatic rings. The molecule has 1 saturated heterocycles. The Kier molecular flexibility index (Phi) is 4.12. The molecule has 2 aromatic heterocycles. The Bertz CT molecular complexity index is 896. The largest absolute Gasteiger partial charge is 0.394 e. The molecule has 25 heavy (non-hydrogen) atoms. The number of aliphatic hydroxyl groups excluding tert-OH is 1. The second-order valence-corrected chi connectivity index (χ2v) is 5.84. The Hall–Kier alpha value is -2.84. The molecule has 1 aromatic carbocycles. The molecule has 1 fully saturated rings. The SMILES string of the molecule is O=C(Nc1ncnc2c1ncn2[C@@H]1CC[C@@H](CO)O1)c1ccccc1. The molecule has 0 saturated carbocycles. The van der Waals surface area contributed by atoms with Gasteiger partial charge in [-0.2, -0.15) is 0 Å². The maximum atomic E-state index is 12.3. The van der Waals surface area contributed by atoms with Crippen molar-refractivity contribution in [3.05, 3.63) is 48.5 Å². The number of amides is 1. The van der Waals surface area contributed by atoms with Crippen molar-refractivity contribution in [3.63, 3.8) is 0 Å². The van der Waals surface area contributed by atoms with Crippen LogP contribution in [0.5, 0.6) is 0 Å². The van der Waals surface area contributed by atoms with Crippen molar-refractivity contribution >= 4 is 22.9 Å². The van der Waals surface area contributed by atoms with E-state index in [9.17, 15) is 9.90 Å². The molecule has 1 amide bonds. The predicted octanol–water partition coefficient (Wildman–Crippen LogP) is 1.75. The smallest absolute Gasteiger partial charge is 0.256 e. The Morgan fingerprint density at radius 1 is 1.24 bits per heavy atom. The van der Waals surface area contributed by atoms with Gasteiger partial charge in [0.2, 0.25) is 0 Å². The first-order chi connectivity index (χ1) is 12.3.